The number of rotatable bonds is 2. The molecule has 1 aromatic heterocycles. The van der Waals surface area contributed by atoms with E-state index < -0.39 is 0 Å². The van der Waals surface area contributed by atoms with Gasteiger partial charge in [0, 0.05) is 51.2 Å². The Bertz CT molecular complexity index is 491. The average Bonchev–Trinajstić information content (AvgIpc) is 2.63. The van der Waals surface area contributed by atoms with E-state index >= 15 is 0 Å². The fourth-order valence-corrected chi connectivity index (χ4v) is 4.32. The van der Waals surface area contributed by atoms with Crippen LogP contribution in [0.3, 0.4) is 0 Å². The summed E-state index contributed by atoms with van der Waals surface area (Å²) in [5.74, 6) is 1.01. The number of piperidine rings is 1. The minimum Gasteiger partial charge on any atom is -0.375 e. The summed E-state index contributed by atoms with van der Waals surface area (Å²) in [4.78, 5) is 13.6. The molecule has 23 heavy (non-hydrogen) atoms. The minimum absolute atomic E-state index is 0.149. The fourth-order valence-electron chi connectivity index (χ4n) is 4.32. The van der Waals surface area contributed by atoms with E-state index in [0.717, 1.165) is 51.7 Å². The fraction of sp³-hybridized carbons (Fsp3) is 0.765. The molecule has 0 aliphatic carbocycles. The lowest BCUT2D eigenvalue weighted by atomic mass is 9.82. The molecule has 0 saturated carbocycles. The summed E-state index contributed by atoms with van der Waals surface area (Å²) >= 11 is 0. The van der Waals surface area contributed by atoms with E-state index in [0.29, 0.717) is 6.04 Å². The Labute approximate surface area is 138 Å². The van der Waals surface area contributed by atoms with Crippen molar-refractivity contribution in [3.05, 3.63) is 18.6 Å². The maximum absolute atomic E-state index is 6.22. The molecule has 1 unspecified atom stereocenters. The standard InChI is InChI=1S/C17H27N5O/c1-12-23-17(2-4-18-5-3-17)13-15(1)21-8-10-22(11-9-21)16-14-19-6-7-20-16/h6-7,14-15,18H,1-5,8-13H2. The second kappa shape index (κ2) is 6.71. The Balaban J connectivity index is 1.35. The van der Waals surface area contributed by atoms with Crippen LogP contribution >= 0.6 is 0 Å². The van der Waals surface area contributed by atoms with E-state index in [1.54, 1.807) is 12.4 Å². The van der Waals surface area contributed by atoms with E-state index in [1.165, 1.54) is 25.7 Å². The topological polar surface area (TPSA) is 53.5 Å². The van der Waals surface area contributed by atoms with Gasteiger partial charge in [0.2, 0.25) is 0 Å². The minimum atomic E-state index is 0.149. The zero-order valence-corrected chi connectivity index (χ0v) is 13.8. The van der Waals surface area contributed by atoms with Gasteiger partial charge in [0.05, 0.1) is 11.8 Å². The highest BCUT2D eigenvalue weighted by atomic mass is 16.5. The third kappa shape index (κ3) is 3.34. The molecule has 1 N–H and O–H groups in total. The van der Waals surface area contributed by atoms with Crippen molar-refractivity contribution in [2.45, 2.75) is 37.3 Å². The zero-order valence-electron chi connectivity index (χ0n) is 13.8. The lowest BCUT2D eigenvalue weighted by Crippen LogP contribution is -2.56. The molecular formula is C17H27N5O. The van der Waals surface area contributed by atoms with Crippen molar-refractivity contribution in [2.24, 2.45) is 0 Å². The molecule has 0 radical (unpaired) electrons. The van der Waals surface area contributed by atoms with Crippen molar-refractivity contribution >= 4 is 5.82 Å². The lowest BCUT2D eigenvalue weighted by Gasteiger charge is -2.48. The maximum atomic E-state index is 6.22. The predicted molar refractivity (Wildman–Crippen MR) is 89.6 cm³/mol. The summed E-state index contributed by atoms with van der Waals surface area (Å²) in [7, 11) is 0. The first-order valence-electron chi connectivity index (χ1n) is 8.94. The van der Waals surface area contributed by atoms with E-state index in [9.17, 15) is 0 Å². The predicted octanol–water partition coefficient (Wildman–Crippen LogP) is 0.900. The van der Waals surface area contributed by atoms with Gasteiger partial charge in [-0.05, 0) is 38.8 Å². The van der Waals surface area contributed by atoms with Crippen LogP contribution in [0.15, 0.2) is 18.6 Å². The van der Waals surface area contributed by atoms with Crippen LogP contribution < -0.4 is 10.2 Å². The number of ether oxygens (including phenoxy) is 1. The lowest BCUT2D eigenvalue weighted by molar-refractivity contribution is -0.121. The van der Waals surface area contributed by atoms with Crippen LogP contribution in [0.4, 0.5) is 5.82 Å². The molecule has 1 atom stereocenters. The van der Waals surface area contributed by atoms with Gasteiger partial charge in [-0.2, -0.15) is 0 Å². The molecular weight excluding hydrogens is 290 g/mol. The Kier molecular flexibility index (Phi) is 4.46. The highest BCUT2D eigenvalue weighted by Crippen LogP contribution is 2.35. The second-order valence-corrected chi connectivity index (χ2v) is 7.01. The number of anilines is 1. The van der Waals surface area contributed by atoms with Crippen molar-refractivity contribution in [3.63, 3.8) is 0 Å². The Hall–Kier alpha value is -1.24. The molecule has 3 aliphatic heterocycles. The van der Waals surface area contributed by atoms with E-state index in [2.05, 4.69) is 25.1 Å². The summed E-state index contributed by atoms with van der Waals surface area (Å²) in [5, 5.41) is 3.46. The van der Waals surface area contributed by atoms with Gasteiger partial charge in [-0.15, -0.1) is 0 Å². The molecule has 126 valence electrons. The summed E-state index contributed by atoms with van der Waals surface area (Å²) < 4.78 is 6.22. The van der Waals surface area contributed by atoms with Gasteiger partial charge in [-0.3, -0.25) is 9.88 Å². The first kappa shape index (κ1) is 15.3. The maximum Gasteiger partial charge on any atom is 0.147 e. The number of aromatic nitrogens is 2. The van der Waals surface area contributed by atoms with Crippen molar-refractivity contribution in [3.8, 4) is 0 Å². The van der Waals surface area contributed by atoms with Gasteiger partial charge in [0.15, 0.2) is 0 Å². The van der Waals surface area contributed by atoms with Gasteiger partial charge >= 0.3 is 0 Å². The van der Waals surface area contributed by atoms with Crippen LogP contribution in [-0.4, -0.2) is 72.4 Å². The van der Waals surface area contributed by atoms with Gasteiger partial charge in [0.1, 0.15) is 5.82 Å². The normalized spacial score (nSPS) is 28.9. The van der Waals surface area contributed by atoms with Crippen molar-refractivity contribution in [1.29, 1.82) is 0 Å². The van der Waals surface area contributed by atoms with Crippen molar-refractivity contribution in [1.82, 2.24) is 20.2 Å². The second-order valence-electron chi connectivity index (χ2n) is 7.01. The summed E-state index contributed by atoms with van der Waals surface area (Å²) in [6.45, 7) is 7.47. The molecule has 0 aromatic carbocycles. The zero-order chi connectivity index (χ0) is 15.5. The van der Waals surface area contributed by atoms with Gasteiger partial charge < -0.3 is 15.0 Å². The van der Waals surface area contributed by atoms with Gasteiger partial charge in [-0.1, -0.05) is 0 Å². The molecule has 0 bridgehead atoms. The van der Waals surface area contributed by atoms with Crippen LogP contribution in [0.5, 0.6) is 0 Å². The van der Waals surface area contributed by atoms with Gasteiger partial charge in [-0.25, -0.2) is 4.98 Å². The molecule has 0 amide bonds. The first-order chi connectivity index (χ1) is 11.3. The largest absolute Gasteiger partial charge is 0.375 e. The molecule has 4 heterocycles. The molecule has 4 rings (SSSR count). The molecule has 1 spiro atoms. The molecule has 3 saturated heterocycles. The smallest absolute Gasteiger partial charge is 0.147 e. The van der Waals surface area contributed by atoms with Gasteiger partial charge in [0.25, 0.3) is 0 Å². The Morgan fingerprint density at radius 3 is 2.70 bits per heavy atom. The van der Waals surface area contributed by atoms with Crippen LogP contribution in [0, 0.1) is 0 Å². The third-order valence-corrected chi connectivity index (χ3v) is 5.69. The highest BCUT2D eigenvalue weighted by molar-refractivity contribution is 5.35. The number of hydrogen-bond donors (Lipinski definition) is 1. The summed E-state index contributed by atoms with van der Waals surface area (Å²) in [6.07, 6.45) is 10.1. The first-order valence-corrected chi connectivity index (χ1v) is 8.94. The number of hydrogen-bond acceptors (Lipinski definition) is 6. The monoisotopic (exact) mass is 317 g/mol. The van der Waals surface area contributed by atoms with E-state index in [4.69, 9.17) is 4.74 Å². The summed E-state index contributed by atoms with van der Waals surface area (Å²) in [6, 6.07) is 0.686. The van der Waals surface area contributed by atoms with E-state index in [1.807, 2.05) is 6.20 Å². The van der Waals surface area contributed by atoms with Crippen molar-refractivity contribution in [2.75, 3.05) is 50.8 Å². The quantitative estimate of drug-likeness (QED) is 0.875. The Morgan fingerprint density at radius 2 is 1.96 bits per heavy atom. The van der Waals surface area contributed by atoms with Crippen LogP contribution in [0.1, 0.15) is 25.7 Å². The third-order valence-electron chi connectivity index (χ3n) is 5.69. The molecule has 1 aromatic rings. The van der Waals surface area contributed by atoms with Crippen LogP contribution in [-0.2, 0) is 4.74 Å². The van der Waals surface area contributed by atoms with Crippen molar-refractivity contribution < 1.29 is 4.74 Å². The summed E-state index contributed by atoms with van der Waals surface area (Å²) in [5.41, 5.74) is 0.149. The number of piperazine rings is 1. The van der Waals surface area contributed by atoms with Crippen LogP contribution in [0.2, 0.25) is 0 Å². The average molecular weight is 317 g/mol. The Morgan fingerprint density at radius 1 is 1.13 bits per heavy atom. The number of nitrogens with one attached hydrogen (secondary N) is 1. The molecule has 3 aliphatic rings. The van der Waals surface area contributed by atoms with E-state index in [-0.39, 0.29) is 5.60 Å². The molecule has 6 nitrogen and oxygen atoms in total. The molecule has 6 heteroatoms. The SMILES string of the molecule is c1cnc(N2CCN(C3CCOC4(CCNCC4)C3)CC2)cn1. The highest BCUT2D eigenvalue weighted by Gasteiger charge is 2.40. The molecule has 3 fully saturated rings. The number of nitrogens with zero attached hydrogens (tertiary/aromatic N) is 4. The van der Waals surface area contributed by atoms with Crippen LogP contribution in [0.25, 0.3) is 0 Å².